The molecule has 56 valence electrons. The van der Waals surface area contributed by atoms with Gasteiger partial charge in [-0.2, -0.15) is 0 Å². The Morgan fingerprint density at radius 3 is 2.60 bits per heavy atom. The largest absolute Gasteiger partial charge is 0.246 e. The summed E-state index contributed by atoms with van der Waals surface area (Å²) in [6.45, 7) is 5.69. The van der Waals surface area contributed by atoms with Crippen LogP contribution in [0.3, 0.4) is 0 Å². The maximum atomic E-state index is 3.55. The number of aromatic amines is 1. The molecule has 0 atom stereocenters. The summed E-state index contributed by atoms with van der Waals surface area (Å²) < 4.78 is 0. The molecule has 0 amide bonds. The quantitative estimate of drug-likeness (QED) is 0.627. The van der Waals surface area contributed by atoms with E-state index in [0.717, 1.165) is 6.42 Å². The standard InChI is InChI=1S/C5H10.CH2N4/c1-3-5-4-2;1-2-4-5-3-1/h3H,1,4-5H2,2H3;1H,(H,2,3,4,5). The van der Waals surface area contributed by atoms with Gasteiger partial charge in [0, 0.05) is 0 Å². The highest BCUT2D eigenvalue weighted by atomic mass is 15.5. The van der Waals surface area contributed by atoms with Crippen molar-refractivity contribution in [3.8, 4) is 0 Å². The first-order valence-electron chi connectivity index (χ1n) is 3.19. The van der Waals surface area contributed by atoms with Crippen molar-refractivity contribution in [2.24, 2.45) is 0 Å². The lowest BCUT2D eigenvalue weighted by Gasteiger charge is -1.72. The predicted molar refractivity (Wildman–Crippen MR) is 39.3 cm³/mol. The molecule has 10 heavy (non-hydrogen) atoms. The summed E-state index contributed by atoms with van der Waals surface area (Å²) in [6.07, 6.45) is 5.71. The fourth-order valence-corrected chi connectivity index (χ4v) is 0.333. The molecule has 4 heteroatoms. The second-order valence-corrected chi connectivity index (χ2v) is 1.64. The molecular weight excluding hydrogens is 128 g/mol. The van der Waals surface area contributed by atoms with Gasteiger partial charge in [0.15, 0.2) is 0 Å². The number of H-pyrrole nitrogens is 1. The van der Waals surface area contributed by atoms with Crippen molar-refractivity contribution in [1.29, 1.82) is 0 Å². The second-order valence-electron chi connectivity index (χ2n) is 1.64. The highest BCUT2D eigenvalue weighted by Gasteiger charge is 1.61. The first kappa shape index (κ1) is 8.81. The minimum absolute atomic E-state index is 1.15. The molecule has 0 unspecified atom stereocenters. The molecule has 0 aromatic carbocycles. The first-order chi connectivity index (χ1) is 4.91. The number of rotatable bonds is 2. The van der Waals surface area contributed by atoms with E-state index in [9.17, 15) is 0 Å². The molecule has 1 aromatic heterocycles. The number of allylic oxidation sites excluding steroid dienone is 1. The van der Waals surface area contributed by atoms with Crippen molar-refractivity contribution in [3.05, 3.63) is 19.0 Å². The third-order valence-electron chi connectivity index (χ3n) is 0.762. The van der Waals surface area contributed by atoms with Crippen LogP contribution >= 0.6 is 0 Å². The van der Waals surface area contributed by atoms with Gasteiger partial charge in [-0.05, 0) is 16.8 Å². The zero-order valence-electron chi connectivity index (χ0n) is 6.12. The lowest BCUT2D eigenvalue weighted by Crippen LogP contribution is -1.64. The molecule has 1 rings (SSSR count). The van der Waals surface area contributed by atoms with E-state index in [0.29, 0.717) is 0 Å². The SMILES string of the molecule is C=CCCC.c1nnn[nH]1. The Bertz CT molecular complexity index is 118. The maximum absolute atomic E-state index is 3.55. The van der Waals surface area contributed by atoms with E-state index in [-0.39, 0.29) is 0 Å². The summed E-state index contributed by atoms with van der Waals surface area (Å²) in [5.41, 5.74) is 0. The van der Waals surface area contributed by atoms with E-state index in [1.54, 1.807) is 0 Å². The fraction of sp³-hybridized carbons (Fsp3) is 0.500. The Morgan fingerprint density at radius 2 is 2.50 bits per heavy atom. The molecule has 0 aliphatic heterocycles. The summed E-state index contributed by atoms with van der Waals surface area (Å²) in [5, 5.41) is 12.1. The number of unbranched alkanes of at least 4 members (excludes halogenated alkanes) is 1. The smallest absolute Gasteiger partial charge is 0.135 e. The maximum Gasteiger partial charge on any atom is 0.135 e. The zero-order valence-corrected chi connectivity index (χ0v) is 6.12. The molecule has 4 nitrogen and oxygen atoms in total. The van der Waals surface area contributed by atoms with Crippen molar-refractivity contribution in [3.63, 3.8) is 0 Å². The van der Waals surface area contributed by atoms with Crippen molar-refractivity contribution in [2.45, 2.75) is 19.8 Å². The van der Waals surface area contributed by atoms with Gasteiger partial charge < -0.3 is 0 Å². The summed E-state index contributed by atoms with van der Waals surface area (Å²) in [6, 6.07) is 0. The Hall–Kier alpha value is -1.19. The van der Waals surface area contributed by atoms with E-state index in [4.69, 9.17) is 0 Å². The molecule has 1 heterocycles. The van der Waals surface area contributed by atoms with Crippen LogP contribution in [0, 0.1) is 0 Å². The van der Waals surface area contributed by atoms with Crippen LogP contribution in [0.5, 0.6) is 0 Å². The number of nitrogens with zero attached hydrogens (tertiary/aromatic N) is 3. The van der Waals surface area contributed by atoms with Crippen molar-refractivity contribution < 1.29 is 0 Å². The average molecular weight is 140 g/mol. The van der Waals surface area contributed by atoms with Crippen LogP contribution in [0.4, 0.5) is 0 Å². The number of hydrogen-bond acceptors (Lipinski definition) is 3. The van der Waals surface area contributed by atoms with Crippen LogP contribution < -0.4 is 0 Å². The minimum atomic E-state index is 1.15. The van der Waals surface area contributed by atoms with Crippen LogP contribution in [0.15, 0.2) is 19.0 Å². The van der Waals surface area contributed by atoms with Gasteiger partial charge >= 0.3 is 0 Å². The molecule has 1 aromatic rings. The lowest BCUT2D eigenvalue weighted by atomic mass is 10.3. The topological polar surface area (TPSA) is 54.5 Å². The highest BCUT2D eigenvalue weighted by molar-refractivity contribution is 4.63. The van der Waals surface area contributed by atoms with Gasteiger partial charge in [0.25, 0.3) is 0 Å². The van der Waals surface area contributed by atoms with Gasteiger partial charge in [0.1, 0.15) is 6.33 Å². The van der Waals surface area contributed by atoms with E-state index in [2.05, 4.69) is 34.1 Å². The van der Waals surface area contributed by atoms with E-state index >= 15 is 0 Å². The Labute approximate surface area is 60.3 Å². The van der Waals surface area contributed by atoms with E-state index in [1.165, 1.54) is 12.7 Å². The second kappa shape index (κ2) is 7.81. The summed E-state index contributed by atoms with van der Waals surface area (Å²) in [7, 11) is 0. The lowest BCUT2D eigenvalue weighted by molar-refractivity contribution is 0.881. The minimum Gasteiger partial charge on any atom is -0.246 e. The molecule has 0 spiro atoms. The van der Waals surface area contributed by atoms with Crippen LogP contribution in [-0.2, 0) is 0 Å². The van der Waals surface area contributed by atoms with Crippen LogP contribution in [0.1, 0.15) is 19.8 Å². The van der Waals surface area contributed by atoms with Gasteiger partial charge in [-0.15, -0.1) is 11.7 Å². The molecular formula is C6H12N4. The van der Waals surface area contributed by atoms with Crippen molar-refractivity contribution in [2.75, 3.05) is 0 Å². The third-order valence-corrected chi connectivity index (χ3v) is 0.762. The van der Waals surface area contributed by atoms with Gasteiger partial charge in [0.05, 0.1) is 0 Å². The molecule has 0 fully saturated rings. The highest BCUT2D eigenvalue weighted by Crippen LogP contribution is 1.82. The number of tetrazole rings is 1. The molecule has 0 radical (unpaired) electrons. The summed E-state index contributed by atoms with van der Waals surface area (Å²) in [5.74, 6) is 0. The average Bonchev–Trinajstić information content (AvgIpc) is 2.44. The number of aromatic nitrogens is 4. The molecule has 0 saturated carbocycles. The van der Waals surface area contributed by atoms with Crippen LogP contribution in [0.25, 0.3) is 0 Å². The van der Waals surface area contributed by atoms with Gasteiger partial charge in [0.2, 0.25) is 0 Å². The summed E-state index contributed by atoms with van der Waals surface area (Å²) in [4.78, 5) is 0. The fourth-order valence-electron chi connectivity index (χ4n) is 0.333. The van der Waals surface area contributed by atoms with E-state index < -0.39 is 0 Å². The zero-order chi connectivity index (χ0) is 7.66. The third kappa shape index (κ3) is 6.81. The predicted octanol–water partition coefficient (Wildman–Crippen LogP) is 1.17. The Morgan fingerprint density at radius 1 is 1.70 bits per heavy atom. The number of hydrogen-bond donors (Lipinski definition) is 1. The van der Waals surface area contributed by atoms with Gasteiger partial charge in [-0.3, -0.25) is 0 Å². The monoisotopic (exact) mass is 140 g/mol. The molecule has 0 aliphatic rings. The van der Waals surface area contributed by atoms with Crippen molar-refractivity contribution >= 4 is 0 Å². The van der Waals surface area contributed by atoms with Crippen LogP contribution in [0.2, 0.25) is 0 Å². The molecule has 0 aliphatic carbocycles. The van der Waals surface area contributed by atoms with Crippen molar-refractivity contribution in [1.82, 2.24) is 20.6 Å². The first-order valence-corrected chi connectivity index (χ1v) is 3.19. The van der Waals surface area contributed by atoms with Gasteiger partial charge in [-0.25, -0.2) is 5.10 Å². The summed E-state index contributed by atoms with van der Waals surface area (Å²) >= 11 is 0. The molecule has 0 bridgehead atoms. The Balaban J connectivity index is 0.000000162. The Kier molecular flexibility index (Phi) is 6.88. The number of nitrogens with one attached hydrogen (secondary N) is 1. The molecule has 0 saturated heterocycles. The van der Waals surface area contributed by atoms with E-state index in [1.807, 2.05) is 6.08 Å². The van der Waals surface area contributed by atoms with Gasteiger partial charge in [-0.1, -0.05) is 19.4 Å². The van der Waals surface area contributed by atoms with Crippen LogP contribution in [-0.4, -0.2) is 20.6 Å². The molecule has 1 N–H and O–H groups in total. The normalized spacial score (nSPS) is 7.70.